The number of amides is 1. The van der Waals surface area contributed by atoms with E-state index in [0.29, 0.717) is 13.2 Å². The summed E-state index contributed by atoms with van der Waals surface area (Å²) < 4.78 is 11.1. The number of piperidine rings is 1. The van der Waals surface area contributed by atoms with Gasteiger partial charge in [-0.3, -0.25) is 4.79 Å². The smallest absolute Gasteiger partial charge is 0.223 e. The molecule has 0 radical (unpaired) electrons. The molecule has 2 aliphatic rings. The first-order valence-electron chi connectivity index (χ1n) is 9.69. The highest BCUT2D eigenvalue weighted by Gasteiger charge is 2.28. The van der Waals surface area contributed by atoms with Gasteiger partial charge < -0.3 is 19.7 Å². The van der Waals surface area contributed by atoms with Gasteiger partial charge in [-0.25, -0.2) is 0 Å². The maximum absolute atomic E-state index is 12.3. The van der Waals surface area contributed by atoms with Crippen LogP contribution in [0.15, 0.2) is 24.3 Å². The van der Waals surface area contributed by atoms with Crippen LogP contribution in [-0.4, -0.2) is 44.9 Å². The number of benzene rings is 1. The molecule has 1 amide bonds. The number of hydrogen-bond donors (Lipinski definition) is 2. The first kappa shape index (κ1) is 18.2. The molecule has 2 fully saturated rings. The fraction of sp³-hybridized carbons (Fsp3) is 0.650. The summed E-state index contributed by atoms with van der Waals surface area (Å²) in [5.41, 5.74) is 1.33. The predicted molar refractivity (Wildman–Crippen MR) is 96.7 cm³/mol. The molecule has 0 saturated carbocycles. The SMILES string of the molecule is CCOc1ccc(C[NH+]2CCC(C(=O)NC[C@H]3CCCO3)CC2)cc1. The zero-order valence-corrected chi connectivity index (χ0v) is 15.3. The lowest BCUT2D eigenvalue weighted by molar-refractivity contribution is -0.919. The molecule has 1 aromatic rings. The molecule has 138 valence electrons. The van der Waals surface area contributed by atoms with Crippen LogP contribution in [0.1, 0.15) is 38.2 Å². The zero-order chi connectivity index (χ0) is 17.5. The second kappa shape index (κ2) is 9.20. The quantitative estimate of drug-likeness (QED) is 0.779. The highest BCUT2D eigenvalue weighted by molar-refractivity contribution is 5.78. The Bertz CT molecular complexity index is 532. The summed E-state index contributed by atoms with van der Waals surface area (Å²) in [5.74, 6) is 1.32. The van der Waals surface area contributed by atoms with E-state index in [1.807, 2.05) is 19.1 Å². The lowest BCUT2D eigenvalue weighted by atomic mass is 9.95. The zero-order valence-electron chi connectivity index (χ0n) is 15.3. The summed E-state index contributed by atoms with van der Waals surface area (Å²) in [7, 11) is 0. The molecule has 2 N–H and O–H groups in total. The Hall–Kier alpha value is -1.59. The second-order valence-electron chi connectivity index (χ2n) is 7.16. The number of ether oxygens (including phenoxy) is 2. The third kappa shape index (κ3) is 5.44. The van der Waals surface area contributed by atoms with E-state index in [0.717, 1.165) is 57.7 Å². The Morgan fingerprint density at radius 3 is 2.64 bits per heavy atom. The number of hydrogen-bond acceptors (Lipinski definition) is 3. The van der Waals surface area contributed by atoms with Crippen molar-refractivity contribution in [2.75, 3.05) is 32.8 Å². The Morgan fingerprint density at radius 2 is 2.00 bits per heavy atom. The van der Waals surface area contributed by atoms with E-state index in [-0.39, 0.29) is 17.9 Å². The van der Waals surface area contributed by atoms with Gasteiger partial charge in [-0.1, -0.05) is 0 Å². The first-order chi connectivity index (χ1) is 12.2. The van der Waals surface area contributed by atoms with Crippen LogP contribution in [0.3, 0.4) is 0 Å². The fourth-order valence-electron chi connectivity index (χ4n) is 3.79. The van der Waals surface area contributed by atoms with Crippen molar-refractivity contribution in [3.63, 3.8) is 0 Å². The number of carbonyl (C=O) groups excluding carboxylic acids is 1. The molecular weight excluding hydrogens is 316 g/mol. The van der Waals surface area contributed by atoms with Crippen molar-refractivity contribution in [2.24, 2.45) is 5.92 Å². The van der Waals surface area contributed by atoms with E-state index in [4.69, 9.17) is 9.47 Å². The Balaban J connectivity index is 1.38. The number of likely N-dealkylation sites (tertiary alicyclic amines) is 1. The lowest BCUT2D eigenvalue weighted by Crippen LogP contribution is -3.11. The number of rotatable bonds is 7. The van der Waals surface area contributed by atoms with Crippen molar-refractivity contribution in [1.29, 1.82) is 0 Å². The third-order valence-electron chi connectivity index (χ3n) is 5.28. The molecule has 2 saturated heterocycles. The van der Waals surface area contributed by atoms with Gasteiger partial charge in [0.05, 0.1) is 25.8 Å². The van der Waals surface area contributed by atoms with Gasteiger partial charge in [0.15, 0.2) is 0 Å². The molecule has 1 atom stereocenters. The van der Waals surface area contributed by atoms with Crippen LogP contribution in [0.2, 0.25) is 0 Å². The van der Waals surface area contributed by atoms with Gasteiger partial charge >= 0.3 is 0 Å². The van der Waals surface area contributed by atoms with Crippen LogP contribution in [0.5, 0.6) is 5.75 Å². The van der Waals surface area contributed by atoms with Gasteiger partial charge in [0.25, 0.3) is 0 Å². The van der Waals surface area contributed by atoms with Crippen molar-refractivity contribution in [3.05, 3.63) is 29.8 Å². The van der Waals surface area contributed by atoms with Crippen LogP contribution in [0.4, 0.5) is 0 Å². The highest BCUT2D eigenvalue weighted by Crippen LogP contribution is 2.14. The first-order valence-corrected chi connectivity index (χ1v) is 9.69. The van der Waals surface area contributed by atoms with Gasteiger partial charge in [0.2, 0.25) is 5.91 Å². The summed E-state index contributed by atoms with van der Waals surface area (Å²) in [6, 6.07) is 8.39. The summed E-state index contributed by atoms with van der Waals surface area (Å²) in [4.78, 5) is 13.9. The van der Waals surface area contributed by atoms with Crippen LogP contribution in [-0.2, 0) is 16.1 Å². The van der Waals surface area contributed by atoms with E-state index in [2.05, 4.69) is 17.4 Å². The molecule has 0 spiro atoms. The largest absolute Gasteiger partial charge is 0.494 e. The van der Waals surface area contributed by atoms with Crippen LogP contribution >= 0.6 is 0 Å². The van der Waals surface area contributed by atoms with Gasteiger partial charge in [0, 0.05) is 37.5 Å². The summed E-state index contributed by atoms with van der Waals surface area (Å²) >= 11 is 0. The summed E-state index contributed by atoms with van der Waals surface area (Å²) in [5, 5.41) is 3.09. The van der Waals surface area contributed by atoms with Gasteiger partial charge in [-0.05, 0) is 44.0 Å². The molecule has 25 heavy (non-hydrogen) atoms. The van der Waals surface area contributed by atoms with Crippen LogP contribution < -0.4 is 15.0 Å². The highest BCUT2D eigenvalue weighted by atomic mass is 16.5. The monoisotopic (exact) mass is 347 g/mol. The van der Waals surface area contributed by atoms with Gasteiger partial charge in [-0.15, -0.1) is 0 Å². The summed E-state index contributed by atoms with van der Waals surface area (Å²) in [6.45, 7) is 7.37. The predicted octanol–water partition coefficient (Wildman–Crippen LogP) is 1.18. The minimum absolute atomic E-state index is 0.172. The number of quaternary nitrogens is 1. The Labute approximate surface area is 150 Å². The molecule has 2 heterocycles. The standard InChI is InChI=1S/C20H30N2O3/c1-2-24-18-7-5-16(6-8-18)15-22-11-9-17(10-12-22)20(23)21-14-19-4-3-13-25-19/h5-8,17,19H,2-4,9-15H2,1H3,(H,21,23)/p+1/t19-/m1/s1. The van der Waals surface area contributed by atoms with Gasteiger partial charge in [-0.2, -0.15) is 0 Å². The van der Waals surface area contributed by atoms with Crippen LogP contribution in [0, 0.1) is 5.92 Å². The van der Waals surface area contributed by atoms with Crippen LogP contribution in [0.25, 0.3) is 0 Å². The normalized spacial score (nSPS) is 26.4. The second-order valence-corrected chi connectivity index (χ2v) is 7.16. The van der Waals surface area contributed by atoms with Crippen molar-refractivity contribution in [2.45, 2.75) is 45.3 Å². The van der Waals surface area contributed by atoms with E-state index in [1.165, 1.54) is 5.56 Å². The summed E-state index contributed by atoms with van der Waals surface area (Å²) in [6.07, 6.45) is 4.38. The number of nitrogens with one attached hydrogen (secondary N) is 2. The van der Waals surface area contributed by atoms with Crippen molar-refractivity contribution < 1.29 is 19.2 Å². The molecule has 5 nitrogen and oxygen atoms in total. The fourth-order valence-corrected chi connectivity index (χ4v) is 3.79. The lowest BCUT2D eigenvalue weighted by Gasteiger charge is -2.29. The maximum atomic E-state index is 12.3. The molecule has 2 aliphatic heterocycles. The number of carbonyl (C=O) groups is 1. The van der Waals surface area contributed by atoms with E-state index >= 15 is 0 Å². The van der Waals surface area contributed by atoms with Gasteiger partial charge in [0.1, 0.15) is 12.3 Å². The van der Waals surface area contributed by atoms with E-state index in [9.17, 15) is 4.79 Å². The average Bonchev–Trinajstić information content (AvgIpc) is 3.16. The van der Waals surface area contributed by atoms with E-state index in [1.54, 1.807) is 4.90 Å². The molecule has 5 heteroatoms. The molecule has 0 aliphatic carbocycles. The molecule has 3 rings (SSSR count). The average molecular weight is 347 g/mol. The third-order valence-corrected chi connectivity index (χ3v) is 5.28. The topological polar surface area (TPSA) is 52.0 Å². The molecule has 0 aromatic heterocycles. The Morgan fingerprint density at radius 1 is 1.24 bits per heavy atom. The van der Waals surface area contributed by atoms with Crippen molar-refractivity contribution in [3.8, 4) is 5.75 Å². The minimum atomic E-state index is 0.172. The van der Waals surface area contributed by atoms with Crippen molar-refractivity contribution >= 4 is 5.91 Å². The molecular formula is C20H31N2O3+. The maximum Gasteiger partial charge on any atom is 0.223 e. The molecule has 0 bridgehead atoms. The minimum Gasteiger partial charge on any atom is -0.494 e. The Kier molecular flexibility index (Phi) is 6.70. The van der Waals surface area contributed by atoms with E-state index < -0.39 is 0 Å². The van der Waals surface area contributed by atoms with Crippen molar-refractivity contribution in [1.82, 2.24) is 5.32 Å². The molecule has 0 unspecified atom stereocenters. The molecule has 1 aromatic carbocycles.